The normalized spacial score (nSPS) is 21.5. The molecular weight excluding hydrogens is 280 g/mol. The zero-order valence-corrected chi connectivity index (χ0v) is 15.8. The predicted octanol–water partition coefficient (Wildman–Crippen LogP) is 6.29. The molecule has 0 spiro atoms. The summed E-state index contributed by atoms with van der Waals surface area (Å²) in [6, 6.07) is 0. The minimum atomic E-state index is -0.270. The Kier molecular flexibility index (Phi) is 7.78. The van der Waals surface area contributed by atoms with Gasteiger partial charge in [-0.3, -0.25) is 0 Å². The highest BCUT2D eigenvalue weighted by atomic mass is 16.3. The quantitative estimate of drug-likeness (QED) is 0.571. The Morgan fingerprint density at radius 2 is 1.91 bits per heavy atom. The molecule has 1 rings (SSSR count). The van der Waals surface area contributed by atoms with E-state index in [1.54, 1.807) is 0 Å². The Balaban J connectivity index is 2.71. The van der Waals surface area contributed by atoms with Crippen molar-refractivity contribution < 1.29 is 5.11 Å². The maximum Gasteiger partial charge on any atom is 0.0546 e. The second-order valence-corrected chi connectivity index (χ2v) is 7.57. The molecule has 0 aliphatic heterocycles. The molecule has 1 atom stereocenters. The van der Waals surface area contributed by atoms with Crippen LogP contribution in [0.1, 0.15) is 67.2 Å². The van der Waals surface area contributed by atoms with Gasteiger partial charge in [-0.2, -0.15) is 0 Å². The van der Waals surface area contributed by atoms with Gasteiger partial charge in [-0.25, -0.2) is 0 Å². The van der Waals surface area contributed by atoms with Gasteiger partial charge in [0, 0.05) is 0 Å². The van der Waals surface area contributed by atoms with Gasteiger partial charge < -0.3 is 5.11 Å². The third kappa shape index (κ3) is 7.18. The SMILES string of the molecule is CC(C=CC1=C(C)CCCC1(C)C)=CC=C/C(C)=C\CC(C)O. The molecule has 0 radical (unpaired) electrons. The minimum Gasteiger partial charge on any atom is -0.393 e. The van der Waals surface area contributed by atoms with Crippen molar-refractivity contribution in [1.29, 1.82) is 0 Å². The first-order valence-corrected chi connectivity index (χ1v) is 8.80. The lowest BCUT2D eigenvalue weighted by atomic mass is 9.72. The van der Waals surface area contributed by atoms with E-state index in [1.807, 2.05) is 6.92 Å². The average Bonchev–Trinajstić information content (AvgIpc) is 2.44. The molecule has 0 bridgehead atoms. The molecule has 1 nitrogen and oxygen atoms in total. The largest absolute Gasteiger partial charge is 0.393 e. The average molecular weight is 315 g/mol. The third-order valence-corrected chi connectivity index (χ3v) is 4.55. The first-order chi connectivity index (χ1) is 10.7. The van der Waals surface area contributed by atoms with Crippen LogP contribution < -0.4 is 0 Å². The van der Waals surface area contributed by atoms with Crippen molar-refractivity contribution in [2.24, 2.45) is 5.41 Å². The van der Waals surface area contributed by atoms with Crippen LogP contribution in [0.2, 0.25) is 0 Å². The van der Waals surface area contributed by atoms with E-state index < -0.39 is 0 Å². The summed E-state index contributed by atoms with van der Waals surface area (Å²) in [4.78, 5) is 0. The van der Waals surface area contributed by atoms with Crippen molar-refractivity contribution in [2.75, 3.05) is 0 Å². The fourth-order valence-corrected chi connectivity index (χ4v) is 3.06. The molecule has 0 fully saturated rings. The first-order valence-electron chi connectivity index (χ1n) is 8.80. The van der Waals surface area contributed by atoms with Crippen LogP contribution in [0, 0.1) is 5.41 Å². The van der Waals surface area contributed by atoms with E-state index in [0.717, 1.165) is 0 Å². The summed E-state index contributed by atoms with van der Waals surface area (Å²) in [7, 11) is 0. The van der Waals surface area contributed by atoms with Gasteiger partial charge in [0.15, 0.2) is 0 Å². The molecule has 1 unspecified atom stereocenters. The predicted molar refractivity (Wildman–Crippen MR) is 102 cm³/mol. The van der Waals surface area contributed by atoms with Crippen LogP contribution >= 0.6 is 0 Å². The highest BCUT2D eigenvalue weighted by Crippen LogP contribution is 2.40. The number of aliphatic hydroxyl groups excluding tert-OH is 1. The zero-order valence-electron chi connectivity index (χ0n) is 15.8. The summed E-state index contributed by atoms with van der Waals surface area (Å²) in [6.07, 6.45) is 17.2. The van der Waals surface area contributed by atoms with Crippen LogP contribution in [-0.4, -0.2) is 11.2 Å². The van der Waals surface area contributed by atoms with Crippen molar-refractivity contribution in [3.63, 3.8) is 0 Å². The highest BCUT2D eigenvalue weighted by Gasteiger charge is 2.26. The standard InChI is InChI=1S/C22H34O/c1-17(12-14-20(4)23)9-7-10-18(2)13-15-21-19(3)11-8-16-22(21,5)6/h7,9-10,12-13,15,20,23H,8,11,14,16H2,1-6H3/b9-7?,15-13?,17-12-,18-10?. The van der Waals surface area contributed by atoms with E-state index in [2.05, 4.69) is 71.1 Å². The monoisotopic (exact) mass is 314 g/mol. The van der Waals surface area contributed by atoms with Gasteiger partial charge in [-0.15, -0.1) is 0 Å². The second-order valence-electron chi connectivity index (χ2n) is 7.57. The van der Waals surface area contributed by atoms with E-state index in [0.29, 0.717) is 11.8 Å². The molecule has 0 amide bonds. The van der Waals surface area contributed by atoms with Crippen LogP contribution in [0.5, 0.6) is 0 Å². The highest BCUT2D eigenvalue weighted by molar-refractivity contribution is 5.37. The summed E-state index contributed by atoms with van der Waals surface area (Å²) in [5, 5.41) is 9.28. The first kappa shape index (κ1) is 19.7. The number of hydrogen-bond acceptors (Lipinski definition) is 1. The van der Waals surface area contributed by atoms with Gasteiger partial charge in [0.2, 0.25) is 0 Å². The van der Waals surface area contributed by atoms with Gasteiger partial charge in [0.1, 0.15) is 0 Å². The molecule has 128 valence electrons. The van der Waals surface area contributed by atoms with Crippen molar-refractivity contribution in [1.82, 2.24) is 0 Å². The number of aliphatic hydroxyl groups is 1. The molecule has 0 heterocycles. The Hall–Kier alpha value is -1.34. The molecule has 0 aromatic heterocycles. The van der Waals surface area contributed by atoms with Gasteiger partial charge >= 0.3 is 0 Å². The number of hydrogen-bond donors (Lipinski definition) is 1. The smallest absolute Gasteiger partial charge is 0.0546 e. The molecule has 1 N–H and O–H groups in total. The Bertz CT molecular complexity index is 536. The van der Waals surface area contributed by atoms with E-state index in [-0.39, 0.29) is 6.10 Å². The summed E-state index contributed by atoms with van der Waals surface area (Å²) >= 11 is 0. The molecule has 0 saturated carbocycles. The van der Waals surface area contributed by atoms with E-state index >= 15 is 0 Å². The lowest BCUT2D eigenvalue weighted by Crippen LogP contribution is -2.19. The minimum absolute atomic E-state index is 0.270. The van der Waals surface area contributed by atoms with Crippen LogP contribution in [-0.2, 0) is 0 Å². The molecule has 0 aromatic carbocycles. The summed E-state index contributed by atoms with van der Waals surface area (Å²) < 4.78 is 0. The number of rotatable bonds is 6. The van der Waals surface area contributed by atoms with Gasteiger partial charge in [0.05, 0.1) is 6.10 Å². The lowest BCUT2D eigenvalue weighted by Gasteiger charge is -2.32. The van der Waals surface area contributed by atoms with Gasteiger partial charge in [0.25, 0.3) is 0 Å². The van der Waals surface area contributed by atoms with E-state index in [4.69, 9.17) is 0 Å². The van der Waals surface area contributed by atoms with Crippen LogP contribution in [0.4, 0.5) is 0 Å². The third-order valence-electron chi connectivity index (χ3n) is 4.55. The van der Waals surface area contributed by atoms with Crippen LogP contribution in [0.3, 0.4) is 0 Å². The summed E-state index contributed by atoms with van der Waals surface area (Å²) in [5.74, 6) is 0. The van der Waals surface area contributed by atoms with Crippen molar-refractivity contribution in [2.45, 2.75) is 73.3 Å². The maximum absolute atomic E-state index is 9.28. The lowest BCUT2D eigenvalue weighted by molar-refractivity contribution is 0.198. The Morgan fingerprint density at radius 1 is 1.22 bits per heavy atom. The van der Waals surface area contributed by atoms with Crippen molar-refractivity contribution in [3.8, 4) is 0 Å². The van der Waals surface area contributed by atoms with E-state index in [1.165, 1.54) is 41.6 Å². The molecule has 1 aliphatic carbocycles. The molecule has 0 saturated heterocycles. The van der Waals surface area contributed by atoms with Gasteiger partial charge in [-0.05, 0) is 64.4 Å². The van der Waals surface area contributed by atoms with Crippen LogP contribution in [0.15, 0.2) is 58.7 Å². The van der Waals surface area contributed by atoms with Crippen LogP contribution in [0.25, 0.3) is 0 Å². The summed E-state index contributed by atoms with van der Waals surface area (Å²) in [6.45, 7) is 13.0. The Labute approximate surface area is 143 Å². The maximum atomic E-state index is 9.28. The topological polar surface area (TPSA) is 20.2 Å². The zero-order chi connectivity index (χ0) is 17.5. The fourth-order valence-electron chi connectivity index (χ4n) is 3.06. The molecule has 0 aromatic rings. The molecular formula is C22H34O. The van der Waals surface area contributed by atoms with Gasteiger partial charge in [-0.1, -0.05) is 67.0 Å². The summed E-state index contributed by atoms with van der Waals surface area (Å²) in [5.41, 5.74) is 5.79. The van der Waals surface area contributed by atoms with Crippen molar-refractivity contribution in [3.05, 3.63) is 58.7 Å². The molecule has 1 aliphatic rings. The van der Waals surface area contributed by atoms with E-state index in [9.17, 15) is 5.11 Å². The van der Waals surface area contributed by atoms with Crippen molar-refractivity contribution >= 4 is 0 Å². The Morgan fingerprint density at radius 3 is 2.52 bits per heavy atom. The number of allylic oxidation sites excluding steroid dienone is 9. The second kappa shape index (κ2) is 9.08. The fraction of sp³-hybridized carbons (Fsp3) is 0.545. The molecule has 1 heteroatoms. The molecule has 23 heavy (non-hydrogen) atoms.